The van der Waals surface area contributed by atoms with Gasteiger partial charge in [0.2, 0.25) is 0 Å². The van der Waals surface area contributed by atoms with Crippen molar-refractivity contribution in [2.45, 2.75) is 142 Å². The lowest BCUT2D eigenvalue weighted by Crippen LogP contribution is -2.29. The third kappa shape index (κ3) is 13.9. The number of carbonyl (C=O) groups is 2. The number of esters is 1. The average Bonchev–Trinajstić information content (AvgIpc) is 2.74. The summed E-state index contributed by atoms with van der Waals surface area (Å²) in [7, 11) is 0. The summed E-state index contributed by atoms with van der Waals surface area (Å²) in [4.78, 5) is 23.8. The van der Waals surface area contributed by atoms with E-state index in [9.17, 15) is 9.59 Å². The van der Waals surface area contributed by atoms with Crippen molar-refractivity contribution in [2.75, 3.05) is 0 Å². The highest BCUT2D eigenvalue weighted by molar-refractivity contribution is 5.74. The highest BCUT2D eigenvalue weighted by atomic mass is 16.5. The first kappa shape index (κ1) is 28.0. The third-order valence-corrected chi connectivity index (χ3v) is 6.88. The average molecular weight is 439 g/mol. The number of hydrogen-bond donors (Lipinski definition) is 1. The van der Waals surface area contributed by atoms with Gasteiger partial charge < -0.3 is 9.84 Å². The molecule has 1 aliphatic carbocycles. The molecule has 0 bridgehead atoms. The summed E-state index contributed by atoms with van der Waals surface area (Å²) in [6.45, 7) is 6.80. The zero-order valence-electron chi connectivity index (χ0n) is 20.7. The zero-order valence-corrected chi connectivity index (χ0v) is 20.7. The predicted molar refractivity (Wildman–Crippen MR) is 128 cm³/mol. The van der Waals surface area contributed by atoms with Crippen molar-refractivity contribution in [1.29, 1.82) is 0 Å². The number of aliphatic carboxylic acids is 1. The van der Waals surface area contributed by atoms with Gasteiger partial charge in [-0.3, -0.25) is 9.59 Å². The first-order valence-corrected chi connectivity index (χ1v) is 13.4. The lowest BCUT2D eigenvalue weighted by atomic mass is 9.82. The molecule has 31 heavy (non-hydrogen) atoms. The van der Waals surface area contributed by atoms with Crippen LogP contribution in [0.15, 0.2) is 0 Å². The first-order chi connectivity index (χ1) is 14.9. The minimum Gasteiger partial charge on any atom is -0.481 e. The van der Waals surface area contributed by atoms with E-state index in [1.54, 1.807) is 0 Å². The minimum atomic E-state index is -0.722. The number of carbonyl (C=O) groups excluding carboxylic acids is 1. The van der Waals surface area contributed by atoms with Crippen LogP contribution < -0.4 is 0 Å². The van der Waals surface area contributed by atoms with Crippen LogP contribution in [0.1, 0.15) is 136 Å². The van der Waals surface area contributed by atoms with Crippen molar-refractivity contribution in [3.05, 3.63) is 0 Å². The van der Waals surface area contributed by atoms with E-state index in [0.29, 0.717) is 25.7 Å². The highest BCUT2D eigenvalue weighted by Crippen LogP contribution is 2.30. The topological polar surface area (TPSA) is 63.6 Å². The van der Waals surface area contributed by atoms with Gasteiger partial charge in [-0.1, -0.05) is 85.0 Å². The molecule has 4 nitrogen and oxygen atoms in total. The standard InChI is InChI=1S/C27H50O4/c1-4-5-12-16-25(17-14-11-9-7-6-8-10-13-15-22(2)3)31-27(30)24-20-18-23(19-21-24)26(28)29/h22-25H,4-21H2,1-3H3,(H,28,29). The van der Waals surface area contributed by atoms with Crippen LogP contribution in [0.25, 0.3) is 0 Å². The summed E-state index contributed by atoms with van der Waals surface area (Å²) in [5, 5.41) is 9.15. The van der Waals surface area contributed by atoms with Crippen LogP contribution in [0.2, 0.25) is 0 Å². The normalized spacial score (nSPS) is 20.0. The fourth-order valence-electron chi connectivity index (χ4n) is 4.71. The summed E-state index contributed by atoms with van der Waals surface area (Å²) < 4.78 is 5.94. The lowest BCUT2D eigenvalue weighted by Gasteiger charge is -2.27. The van der Waals surface area contributed by atoms with E-state index in [4.69, 9.17) is 9.84 Å². The van der Waals surface area contributed by atoms with Crippen molar-refractivity contribution in [3.8, 4) is 0 Å². The van der Waals surface area contributed by atoms with Crippen LogP contribution >= 0.6 is 0 Å². The van der Waals surface area contributed by atoms with E-state index < -0.39 is 5.97 Å². The fraction of sp³-hybridized carbons (Fsp3) is 0.926. The van der Waals surface area contributed by atoms with E-state index in [-0.39, 0.29) is 23.9 Å². The van der Waals surface area contributed by atoms with Crippen molar-refractivity contribution in [2.24, 2.45) is 17.8 Å². The number of unbranched alkanes of at least 4 members (excludes halogenated alkanes) is 9. The lowest BCUT2D eigenvalue weighted by molar-refractivity contribution is -0.158. The number of rotatable bonds is 18. The monoisotopic (exact) mass is 438 g/mol. The number of carboxylic acids is 1. The molecule has 0 radical (unpaired) electrons. The van der Waals surface area contributed by atoms with Gasteiger partial charge >= 0.3 is 11.9 Å². The minimum absolute atomic E-state index is 0.0484. The summed E-state index contributed by atoms with van der Waals surface area (Å²) in [6, 6.07) is 0. The third-order valence-electron chi connectivity index (χ3n) is 6.88. The molecule has 1 rings (SSSR count). The second kappa shape index (κ2) is 17.5. The van der Waals surface area contributed by atoms with Crippen molar-refractivity contribution >= 4 is 11.9 Å². The Kier molecular flexibility index (Phi) is 15.8. The van der Waals surface area contributed by atoms with Gasteiger partial charge in [0, 0.05) is 0 Å². The molecule has 0 aromatic carbocycles. The van der Waals surface area contributed by atoms with E-state index >= 15 is 0 Å². The van der Waals surface area contributed by atoms with Gasteiger partial charge in [-0.05, 0) is 57.3 Å². The molecule has 182 valence electrons. The molecule has 1 saturated carbocycles. The Morgan fingerprint density at radius 3 is 1.68 bits per heavy atom. The van der Waals surface area contributed by atoms with Gasteiger partial charge in [-0.15, -0.1) is 0 Å². The molecule has 0 aromatic rings. The Labute approximate surface area is 191 Å². The van der Waals surface area contributed by atoms with Gasteiger partial charge in [0.1, 0.15) is 6.10 Å². The van der Waals surface area contributed by atoms with E-state index in [2.05, 4.69) is 20.8 Å². The first-order valence-electron chi connectivity index (χ1n) is 13.4. The quantitative estimate of drug-likeness (QED) is 0.174. The van der Waals surface area contributed by atoms with Crippen molar-refractivity contribution in [1.82, 2.24) is 0 Å². The molecular weight excluding hydrogens is 388 g/mol. The van der Waals surface area contributed by atoms with Gasteiger partial charge in [-0.25, -0.2) is 0 Å². The molecule has 0 aliphatic heterocycles. The van der Waals surface area contributed by atoms with Gasteiger partial charge in [0.15, 0.2) is 0 Å². The fourth-order valence-corrected chi connectivity index (χ4v) is 4.71. The van der Waals surface area contributed by atoms with Gasteiger partial charge in [0.25, 0.3) is 0 Å². The predicted octanol–water partition coefficient (Wildman–Crippen LogP) is 7.93. The number of carboxylic acid groups (broad SMARTS) is 1. The van der Waals surface area contributed by atoms with Crippen LogP contribution in [0.3, 0.4) is 0 Å². The maximum Gasteiger partial charge on any atom is 0.309 e. The van der Waals surface area contributed by atoms with Gasteiger partial charge in [0.05, 0.1) is 11.8 Å². The smallest absolute Gasteiger partial charge is 0.309 e. The van der Waals surface area contributed by atoms with Crippen LogP contribution in [0.5, 0.6) is 0 Å². The van der Waals surface area contributed by atoms with E-state index in [0.717, 1.165) is 31.6 Å². The largest absolute Gasteiger partial charge is 0.481 e. The summed E-state index contributed by atoms with van der Waals surface area (Å²) in [5.74, 6) is -0.342. The summed E-state index contributed by atoms with van der Waals surface area (Å²) in [5.41, 5.74) is 0. The molecule has 0 aromatic heterocycles. The van der Waals surface area contributed by atoms with Crippen LogP contribution in [0, 0.1) is 17.8 Å². The maximum absolute atomic E-state index is 12.7. The molecule has 1 N–H and O–H groups in total. The van der Waals surface area contributed by atoms with Crippen molar-refractivity contribution < 1.29 is 19.4 Å². The second-order valence-corrected chi connectivity index (χ2v) is 10.2. The summed E-state index contributed by atoms with van der Waals surface area (Å²) >= 11 is 0. The molecule has 0 saturated heterocycles. The molecule has 4 heteroatoms. The molecule has 0 spiro atoms. The van der Waals surface area contributed by atoms with Gasteiger partial charge in [-0.2, -0.15) is 0 Å². The Morgan fingerprint density at radius 1 is 0.742 bits per heavy atom. The molecular formula is C27H50O4. The second-order valence-electron chi connectivity index (χ2n) is 10.2. The van der Waals surface area contributed by atoms with E-state index in [1.807, 2.05) is 0 Å². The highest BCUT2D eigenvalue weighted by Gasteiger charge is 2.31. The molecule has 0 heterocycles. The Balaban J connectivity index is 2.21. The van der Waals surface area contributed by atoms with E-state index in [1.165, 1.54) is 64.2 Å². The Hall–Kier alpha value is -1.06. The SMILES string of the molecule is CCCCCC(CCCCCCCCCCC(C)C)OC(=O)C1CCC(C(=O)O)CC1. The molecule has 0 amide bonds. The van der Waals surface area contributed by atoms with Crippen molar-refractivity contribution in [3.63, 3.8) is 0 Å². The Bertz CT molecular complexity index is 466. The molecule has 1 aliphatic rings. The molecule has 1 unspecified atom stereocenters. The Morgan fingerprint density at radius 2 is 1.19 bits per heavy atom. The van der Waals surface area contributed by atoms with Crippen LogP contribution in [-0.2, 0) is 14.3 Å². The zero-order chi connectivity index (χ0) is 22.9. The molecule has 1 atom stereocenters. The maximum atomic E-state index is 12.7. The molecule has 1 fully saturated rings. The van der Waals surface area contributed by atoms with Crippen LogP contribution in [0.4, 0.5) is 0 Å². The van der Waals surface area contributed by atoms with Crippen LogP contribution in [-0.4, -0.2) is 23.1 Å². The summed E-state index contributed by atoms with van der Waals surface area (Å²) in [6.07, 6.45) is 19.9. The number of ether oxygens (including phenoxy) is 1. The number of hydrogen-bond acceptors (Lipinski definition) is 3.